The van der Waals surface area contributed by atoms with Gasteiger partial charge < -0.3 is 19.3 Å². The molecule has 0 aromatic carbocycles. The maximum absolute atomic E-state index is 10.9. The second-order valence-corrected chi connectivity index (χ2v) is 5.16. The van der Waals surface area contributed by atoms with Crippen molar-refractivity contribution in [3.05, 3.63) is 0 Å². The van der Waals surface area contributed by atoms with E-state index in [0.29, 0.717) is 39.1 Å². The number of carboxylic acids is 1. The smallest absolute Gasteiger partial charge is 0.306 e. The molecule has 118 valence electrons. The monoisotopic (exact) mass is 289 g/mol. The highest BCUT2D eigenvalue weighted by molar-refractivity contribution is 5.70. The number of rotatable bonds is 10. The zero-order valence-corrected chi connectivity index (χ0v) is 12.5. The summed E-state index contributed by atoms with van der Waals surface area (Å²) in [7, 11) is 1.65. The second-order valence-electron chi connectivity index (χ2n) is 5.16. The summed E-state index contributed by atoms with van der Waals surface area (Å²) in [6.07, 6.45) is 1.47. The maximum Gasteiger partial charge on any atom is 0.306 e. The number of aliphatic carboxylic acids is 1. The van der Waals surface area contributed by atoms with Crippen LogP contribution in [0, 0.1) is 5.92 Å². The van der Waals surface area contributed by atoms with E-state index in [9.17, 15) is 4.79 Å². The molecule has 6 nitrogen and oxygen atoms in total. The molecule has 6 heteroatoms. The normalized spacial score (nSPS) is 23.9. The summed E-state index contributed by atoms with van der Waals surface area (Å²) in [5.41, 5.74) is 0. The lowest BCUT2D eigenvalue weighted by Crippen LogP contribution is -2.44. The van der Waals surface area contributed by atoms with Gasteiger partial charge in [-0.2, -0.15) is 0 Å². The molecule has 0 radical (unpaired) electrons. The Morgan fingerprint density at radius 1 is 1.20 bits per heavy atom. The predicted molar refractivity (Wildman–Crippen MR) is 74.9 cm³/mol. The van der Waals surface area contributed by atoms with Gasteiger partial charge in [-0.15, -0.1) is 0 Å². The summed E-state index contributed by atoms with van der Waals surface area (Å²) < 4.78 is 15.7. The van der Waals surface area contributed by atoms with Crippen LogP contribution in [0.3, 0.4) is 0 Å². The maximum atomic E-state index is 10.9. The Morgan fingerprint density at radius 3 is 2.45 bits per heavy atom. The quantitative estimate of drug-likeness (QED) is 0.601. The van der Waals surface area contributed by atoms with E-state index in [1.54, 1.807) is 7.11 Å². The molecule has 0 bridgehead atoms. The Morgan fingerprint density at radius 2 is 1.85 bits per heavy atom. The van der Waals surface area contributed by atoms with Gasteiger partial charge in [-0.25, -0.2) is 0 Å². The van der Waals surface area contributed by atoms with E-state index >= 15 is 0 Å². The van der Waals surface area contributed by atoms with Gasteiger partial charge in [-0.05, 0) is 26.3 Å². The van der Waals surface area contributed by atoms with Gasteiger partial charge in [0.2, 0.25) is 0 Å². The highest BCUT2D eigenvalue weighted by Gasteiger charge is 2.29. The summed E-state index contributed by atoms with van der Waals surface area (Å²) in [5, 5.41) is 9.01. The van der Waals surface area contributed by atoms with Gasteiger partial charge in [0.15, 0.2) is 0 Å². The van der Waals surface area contributed by atoms with Crippen LogP contribution in [0.4, 0.5) is 0 Å². The number of hydrogen-bond donors (Lipinski definition) is 1. The molecule has 2 unspecified atom stereocenters. The molecule has 0 spiro atoms. The van der Waals surface area contributed by atoms with Crippen molar-refractivity contribution in [2.45, 2.75) is 25.8 Å². The minimum absolute atomic E-state index is 0.184. The van der Waals surface area contributed by atoms with Crippen LogP contribution >= 0.6 is 0 Å². The molecule has 1 aliphatic heterocycles. The number of methoxy groups -OCH3 is 1. The van der Waals surface area contributed by atoms with Crippen LogP contribution in [0.2, 0.25) is 0 Å². The number of likely N-dealkylation sites (tertiary alicyclic amines) is 1. The lowest BCUT2D eigenvalue weighted by Gasteiger charge is -2.36. The molecule has 0 aliphatic carbocycles. The largest absolute Gasteiger partial charge is 0.481 e. The third-order valence-corrected chi connectivity index (χ3v) is 3.69. The van der Waals surface area contributed by atoms with Crippen molar-refractivity contribution in [1.82, 2.24) is 4.90 Å². The van der Waals surface area contributed by atoms with Gasteiger partial charge in [0.25, 0.3) is 0 Å². The molecule has 0 aromatic heterocycles. The van der Waals surface area contributed by atoms with Crippen LogP contribution in [-0.2, 0) is 19.0 Å². The summed E-state index contributed by atoms with van der Waals surface area (Å²) >= 11 is 0. The molecule has 20 heavy (non-hydrogen) atoms. The molecule has 1 rings (SSSR count). The summed E-state index contributed by atoms with van der Waals surface area (Å²) in [6.45, 7) is 6.81. The highest BCUT2D eigenvalue weighted by Crippen LogP contribution is 2.22. The summed E-state index contributed by atoms with van der Waals surface area (Å²) in [5.74, 6) is -0.850. The van der Waals surface area contributed by atoms with Crippen LogP contribution < -0.4 is 0 Å². The van der Waals surface area contributed by atoms with Crippen molar-refractivity contribution < 1.29 is 24.1 Å². The second kappa shape index (κ2) is 10.1. The van der Waals surface area contributed by atoms with Crippen molar-refractivity contribution in [3.63, 3.8) is 0 Å². The minimum atomic E-state index is -0.666. The Hall–Kier alpha value is -0.690. The van der Waals surface area contributed by atoms with E-state index < -0.39 is 5.97 Å². The third kappa shape index (κ3) is 6.65. The molecule has 1 saturated heterocycles. The van der Waals surface area contributed by atoms with Crippen LogP contribution in [0.15, 0.2) is 0 Å². The number of carboxylic acid groups (broad SMARTS) is 1. The summed E-state index contributed by atoms with van der Waals surface area (Å²) in [6, 6.07) is 0.311. The van der Waals surface area contributed by atoms with Crippen LogP contribution in [0.25, 0.3) is 0 Å². The fourth-order valence-electron chi connectivity index (χ4n) is 2.42. The lowest BCUT2D eigenvalue weighted by molar-refractivity contribution is -0.144. The zero-order chi connectivity index (χ0) is 14.8. The van der Waals surface area contributed by atoms with E-state index in [0.717, 1.165) is 25.9 Å². The SMILES string of the molecule is COCCOCCOCCN1CCC(C(=O)O)CC1C. The minimum Gasteiger partial charge on any atom is -0.481 e. The Bertz CT molecular complexity index is 274. The lowest BCUT2D eigenvalue weighted by atomic mass is 9.92. The molecule has 1 N–H and O–H groups in total. The molecule has 0 aromatic rings. The number of nitrogens with zero attached hydrogens (tertiary/aromatic N) is 1. The van der Waals surface area contributed by atoms with Gasteiger partial charge in [-0.1, -0.05) is 0 Å². The molecule has 2 atom stereocenters. The first-order valence-electron chi connectivity index (χ1n) is 7.26. The van der Waals surface area contributed by atoms with Crippen molar-refractivity contribution in [2.75, 3.05) is 53.2 Å². The van der Waals surface area contributed by atoms with Crippen molar-refractivity contribution >= 4 is 5.97 Å². The van der Waals surface area contributed by atoms with Gasteiger partial charge in [0.1, 0.15) is 0 Å². The number of piperidine rings is 1. The van der Waals surface area contributed by atoms with Gasteiger partial charge in [-0.3, -0.25) is 9.69 Å². The van der Waals surface area contributed by atoms with E-state index in [2.05, 4.69) is 11.8 Å². The van der Waals surface area contributed by atoms with Crippen molar-refractivity contribution in [1.29, 1.82) is 0 Å². The van der Waals surface area contributed by atoms with E-state index in [4.69, 9.17) is 19.3 Å². The van der Waals surface area contributed by atoms with Gasteiger partial charge >= 0.3 is 5.97 Å². The first kappa shape index (κ1) is 17.4. The first-order chi connectivity index (χ1) is 9.65. The zero-order valence-electron chi connectivity index (χ0n) is 12.5. The highest BCUT2D eigenvalue weighted by atomic mass is 16.5. The number of carbonyl (C=O) groups is 1. The molecular formula is C14H27NO5. The fraction of sp³-hybridized carbons (Fsp3) is 0.929. The Labute approximate surface area is 121 Å². The van der Waals surface area contributed by atoms with Crippen LogP contribution in [-0.4, -0.2) is 75.3 Å². The van der Waals surface area contributed by atoms with Gasteiger partial charge in [0.05, 0.1) is 39.0 Å². The average molecular weight is 289 g/mol. The first-order valence-corrected chi connectivity index (χ1v) is 7.26. The van der Waals surface area contributed by atoms with E-state index in [-0.39, 0.29) is 5.92 Å². The van der Waals surface area contributed by atoms with Crippen molar-refractivity contribution in [2.24, 2.45) is 5.92 Å². The van der Waals surface area contributed by atoms with Gasteiger partial charge in [0, 0.05) is 19.7 Å². The number of ether oxygens (including phenoxy) is 3. The molecule has 0 saturated carbocycles. The Kier molecular flexibility index (Phi) is 8.77. The standard InChI is InChI=1S/C14H27NO5/c1-12-11-13(14(16)17)3-4-15(12)5-6-19-9-10-20-8-7-18-2/h12-13H,3-11H2,1-2H3,(H,16,17). The third-order valence-electron chi connectivity index (χ3n) is 3.69. The fourth-order valence-corrected chi connectivity index (χ4v) is 2.42. The predicted octanol–water partition coefficient (Wildman–Crippen LogP) is 0.851. The van der Waals surface area contributed by atoms with Crippen LogP contribution in [0.5, 0.6) is 0 Å². The average Bonchev–Trinajstić information content (AvgIpc) is 2.43. The van der Waals surface area contributed by atoms with E-state index in [1.807, 2.05) is 0 Å². The Balaban J connectivity index is 2.01. The number of hydrogen-bond acceptors (Lipinski definition) is 5. The molecular weight excluding hydrogens is 262 g/mol. The summed E-state index contributed by atoms with van der Waals surface area (Å²) in [4.78, 5) is 13.2. The van der Waals surface area contributed by atoms with Crippen molar-refractivity contribution in [3.8, 4) is 0 Å². The topological polar surface area (TPSA) is 68.2 Å². The van der Waals surface area contributed by atoms with Crippen LogP contribution in [0.1, 0.15) is 19.8 Å². The molecule has 0 amide bonds. The molecule has 1 fully saturated rings. The molecule has 1 heterocycles. The van der Waals surface area contributed by atoms with E-state index in [1.165, 1.54) is 0 Å². The molecule has 1 aliphatic rings.